The van der Waals surface area contributed by atoms with Crippen LogP contribution >= 0.6 is 34.8 Å². The standard InChI is InChI=1S/C26H26Cl3N3O5S/c1-17(26(34)30-2)31(15-18-9-11-21(28)22(29)13-18)25(33)16-32(23-14-19(27)10-12-24(23)37-3)38(35,36)20-7-5-4-6-8-20/h4-14,17H,15-16H2,1-3H3,(H,30,34). The fourth-order valence-corrected chi connectivity index (χ4v) is 5.64. The maximum absolute atomic E-state index is 13.8. The average Bonchev–Trinajstić information content (AvgIpc) is 2.91. The topological polar surface area (TPSA) is 96.0 Å². The number of carbonyl (C=O) groups excluding carboxylic acids is 2. The number of anilines is 1. The molecule has 3 rings (SSSR count). The number of sulfonamides is 1. The number of benzene rings is 3. The molecule has 12 heteroatoms. The van der Waals surface area contributed by atoms with Gasteiger partial charge in [0.15, 0.2) is 0 Å². The SMILES string of the molecule is CNC(=O)C(C)N(Cc1ccc(Cl)c(Cl)c1)C(=O)CN(c1cc(Cl)ccc1OC)S(=O)(=O)c1ccccc1. The molecule has 0 fully saturated rings. The summed E-state index contributed by atoms with van der Waals surface area (Å²) in [5.41, 5.74) is 0.667. The Morgan fingerprint density at radius 1 is 0.974 bits per heavy atom. The molecule has 0 aromatic heterocycles. The molecule has 0 aliphatic heterocycles. The first-order valence-corrected chi connectivity index (χ1v) is 13.9. The van der Waals surface area contributed by atoms with Crippen molar-refractivity contribution >= 4 is 62.3 Å². The Morgan fingerprint density at radius 3 is 2.26 bits per heavy atom. The Hall–Kier alpha value is -2.98. The summed E-state index contributed by atoms with van der Waals surface area (Å²) in [4.78, 5) is 27.6. The second kappa shape index (κ2) is 12.7. The number of likely N-dealkylation sites (N-methyl/N-ethyl adjacent to an activating group) is 1. The van der Waals surface area contributed by atoms with Crippen molar-refractivity contribution in [3.8, 4) is 5.75 Å². The van der Waals surface area contributed by atoms with E-state index < -0.39 is 34.4 Å². The van der Waals surface area contributed by atoms with Crippen LogP contribution in [-0.2, 0) is 26.2 Å². The van der Waals surface area contributed by atoms with Crippen molar-refractivity contribution in [2.75, 3.05) is 25.0 Å². The fraction of sp³-hybridized carbons (Fsp3) is 0.231. The van der Waals surface area contributed by atoms with Crippen LogP contribution in [0, 0.1) is 0 Å². The third kappa shape index (κ3) is 6.71. The van der Waals surface area contributed by atoms with E-state index in [1.54, 1.807) is 49.4 Å². The van der Waals surface area contributed by atoms with Crippen molar-refractivity contribution in [3.05, 3.63) is 87.4 Å². The van der Waals surface area contributed by atoms with Crippen LogP contribution < -0.4 is 14.4 Å². The average molecular weight is 599 g/mol. The molecule has 8 nitrogen and oxygen atoms in total. The highest BCUT2D eigenvalue weighted by molar-refractivity contribution is 7.92. The number of rotatable bonds is 10. The molecular weight excluding hydrogens is 573 g/mol. The predicted molar refractivity (Wildman–Crippen MR) is 150 cm³/mol. The predicted octanol–water partition coefficient (Wildman–Crippen LogP) is 5.01. The fourth-order valence-electron chi connectivity index (χ4n) is 3.72. The second-order valence-electron chi connectivity index (χ2n) is 8.20. The van der Waals surface area contributed by atoms with Crippen molar-refractivity contribution in [1.29, 1.82) is 0 Å². The highest BCUT2D eigenvalue weighted by Crippen LogP contribution is 2.35. The van der Waals surface area contributed by atoms with E-state index in [1.165, 1.54) is 43.3 Å². The zero-order chi connectivity index (χ0) is 28.0. The molecule has 3 aromatic rings. The minimum absolute atomic E-state index is 0.0315. The summed E-state index contributed by atoms with van der Waals surface area (Å²) in [6.45, 7) is 0.872. The largest absolute Gasteiger partial charge is 0.495 e. The molecular formula is C26H26Cl3N3O5S. The summed E-state index contributed by atoms with van der Waals surface area (Å²) >= 11 is 18.4. The van der Waals surface area contributed by atoms with E-state index >= 15 is 0 Å². The molecule has 0 bridgehead atoms. The van der Waals surface area contributed by atoms with E-state index in [-0.39, 0.29) is 32.9 Å². The van der Waals surface area contributed by atoms with Crippen molar-refractivity contribution < 1.29 is 22.7 Å². The Labute approximate surface area is 237 Å². The summed E-state index contributed by atoms with van der Waals surface area (Å²) in [6.07, 6.45) is 0. The third-order valence-electron chi connectivity index (χ3n) is 5.77. The molecule has 1 N–H and O–H groups in total. The molecule has 0 heterocycles. The van der Waals surface area contributed by atoms with Gasteiger partial charge in [0.25, 0.3) is 10.0 Å². The van der Waals surface area contributed by atoms with Gasteiger partial charge in [-0.2, -0.15) is 0 Å². The highest BCUT2D eigenvalue weighted by atomic mass is 35.5. The smallest absolute Gasteiger partial charge is 0.264 e. The van der Waals surface area contributed by atoms with Crippen LogP contribution in [0.1, 0.15) is 12.5 Å². The van der Waals surface area contributed by atoms with E-state index in [9.17, 15) is 18.0 Å². The highest BCUT2D eigenvalue weighted by Gasteiger charge is 2.33. The molecule has 0 saturated heterocycles. The van der Waals surface area contributed by atoms with Gasteiger partial charge in [0, 0.05) is 18.6 Å². The third-order valence-corrected chi connectivity index (χ3v) is 8.52. The van der Waals surface area contributed by atoms with E-state index in [2.05, 4.69) is 5.32 Å². The Kier molecular flexibility index (Phi) is 9.89. The van der Waals surface area contributed by atoms with Gasteiger partial charge in [-0.1, -0.05) is 59.1 Å². The Morgan fingerprint density at radius 2 is 1.66 bits per heavy atom. The van der Waals surface area contributed by atoms with Gasteiger partial charge in [-0.25, -0.2) is 8.42 Å². The summed E-state index contributed by atoms with van der Waals surface area (Å²) in [5, 5.41) is 3.38. The molecule has 0 aliphatic carbocycles. The van der Waals surface area contributed by atoms with Gasteiger partial charge in [-0.05, 0) is 55.0 Å². The normalized spacial score (nSPS) is 11.9. The summed E-state index contributed by atoms with van der Waals surface area (Å²) in [6, 6.07) is 16.0. The first kappa shape index (κ1) is 29.6. The molecule has 0 saturated carbocycles. The number of carbonyl (C=O) groups is 2. The lowest BCUT2D eigenvalue weighted by molar-refractivity contribution is -0.139. The van der Waals surface area contributed by atoms with Crippen LogP contribution in [-0.4, -0.2) is 51.9 Å². The summed E-state index contributed by atoms with van der Waals surface area (Å²) in [5.74, 6) is -0.887. The number of nitrogens with one attached hydrogen (secondary N) is 1. The lowest BCUT2D eigenvalue weighted by Crippen LogP contribution is -2.50. The number of hydrogen-bond acceptors (Lipinski definition) is 5. The first-order valence-electron chi connectivity index (χ1n) is 11.4. The quantitative estimate of drug-likeness (QED) is 0.354. The van der Waals surface area contributed by atoms with E-state index in [0.717, 1.165) is 4.31 Å². The van der Waals surface area contributed by atoms with Gasteiger partial charge < -0.3 is 15.0 Å². The molecule has 1 atom stereocenters. The number of hydrogen-bond donors (Lipinski definition) is 1. The van der Waals surface area contributed by atoms with Crippen LogP contribution in [0.2, 0.25) is 15.1 Å². The van der Waals surface area contributed by atoms with Gasteiger partial charge in [0.1, 0.15) is 18.3 Å². The van der Waals surface area contributed by atoms with Gasteiger partial charge in [0.2, 0.25) is 11.8 Å². The van der Waals surface area contributed by atoms with Crippen molar-refractivity contribution in [2.45, 2.75) is 24.4 Å². The van der Waals surface area contributed by atoms with Gasteiger partial charge in [-0.3, -0.25) is 13.9 Å². The number of halogens is 3. The summed E-state index contributed by atoms with van der Waals surface area (Å²) in [7, 11) is -1.43. The maximum atomic E-state index is 13.8. The molecule has 202 valence electrons. The monoisotopic (exact) mass is 597 g/mol. The number of methoxy groups -OCH3 is 1. The molecule has 0 aliphatic rings. The molecule has 0 radical (unpaired) electrons. The Balaban J connectivity index is 2.10. The molecule has 38 heavy (non-hydrogen) atoms. The Bertz CT molecular complexity index is 1420. The zero-order valence-electron chi connectivity index (χ0n) is 20.8. The number of amides is 2. The van der Waals surface area contributed by atoms with Gasteiger partial charge in [-0.15, -0.1) is 0 Å². The van der Waals surface area contributed by atoms with Crippen LogP contribution in [0.25, 0.3) is 0 Å². The van der Waals surface area contributed by atoms with Crippen molar-refractivity contribution in [3.63, 3.8) is 0 Å². The molecule has 3 aromatic carbocycles. The van der Waals surface area contributed by atoms with E-state index in [4.69, 9.17) is 39.5 Å². The van der Waals surface area contributed by atoms with Crippen LogP contribution in [0.3, 0.4) is 0 Å². The maximum Gasteiger partial charge on any atom is 0.264 e. The molecule has 0 spiro atoms. The number of nitrogens with zero attached hydrogens (tertiary/aromatic N) is 2. The van der Waals surface area contributed by atoms with E-state index in [0.29, 0.717) is 10.6 Å². The lowest BCUT2D eigenvalue weighted by atomic mass is 10.1. The van der Waals surface area contributed by atoms with Gasteiger partial charge in [0.05, 0.1) is 27.7 Å². The van der Waals surface area contributed by atoms with Crippen molar-refractivity contribution in [1.82, 2.24) is 10.2 Å². The lowest BCUT2D eigenvalue weighted by Gasteiger charge is -2.32. The van der Waals surface area contributed by atoms with Crippen LogP contribution in [0.4, 0.5) is 5.69 Å². The minimum atomic E-state index is -4.26. The minimum Gasteiger partial charge on any atom is -0.495 e. The molecule has 1 unspecified atom stereocenters. The zero-order valence-corrected chi connectivity index (χ0v) is 23.9. The first-order chi connectivity index (χ1) is 18.0. The molecule has 2 amide bonds. The second-order valence-corrected chi connectivity index (χ2v) is 11.3. The van der Waals surface area contributed by atoms with Crippen LogP contribution in [0.5, 0.6) is 5.75 Å². The van der Waals surface area contributed by atoms with Crippen molar-refractivity contribution in [2.24, 2.45) is 0 Å². The van der Waals surface area contributed by atoms with Gasteiger partial charge >= 0.3 is 0 Å². The summed E-state index contributed by atoms with van der Waals surface area (Å²) < 4.78 is 34.0. The number of ether oxygens (including phenoxy) is 1. The van der Waals surface area contributed by atoms with E-state index in [1.807, 2.05) is 0 Å². The van der Waals surface area contributed by atoms with Crippen LogP contribution in [0.15, 0.2) is 71.6 Å².